The Morgan fingerprint density at radius 2 is 1.88 bits per heavy atom. The highest BCUT2D eigenvalue weighted by Gasteiger charge is 2.08. The van der Waals surface area contributed by atoms with Crippen molar-refractivity contribution in [2.45, 2.75) is 0 Å². The summed E-state index contributed by atoms with van der Waals surface area (Å²) in [5.74, 6) is -1.47. The minimum Gasteiger partial charge on any atom is -0.478 e. The monoisotopic (exact) mass is 340 g/mol. The zero-order valence-corrected chi connectivity index (χ0v) is 13.1. The van der Waals surface area contributed by atoms with Crippen molar-refractivity contribution in [1.82, 2.24) is 15.4 Å². The minimum atomic E-state index is -1.06. The molecule has 0 unspecified atom stereocenters. The molecular weight excluding hydrogens is 328 g/mol. The van der Waals surface area contributed by atoms with Crippen LogP contribution in [-0.2, 0) is 0 Å². The molecule has 3 rings (SSSR count). The fraction of sp³-hybridized carbons (Fsp3) is 0. The lowest BCUT2D eigenvalue weighted by Crippen LogP contribution is -2.17. The number of hydrogen-bond donors (Lipinski definition) is 4. The fourth-order valence-corrected chi connectivity index (χ4v) is 2.42. The van der Waals surface area contributed by atoms with E-state index in [-0.39, 0.29) is 5.56 Å². The summed E-state index contributed by atoms with van der Waals surface area (Å²) in [5, 5.41) is 12.9. The number of carbonyl (C=O) groups is 2. The van der Waals surface area contributed by atoms with Gasteiger partial charge < -0.3 is 15.1 Å². The van der Waals surface area contributed by atoms with E-state index in [2.05, 4.69) is 20.5 Å². The van der Waals surface area contributed by atoms with E-state index in [4.69, 9.17) is 17.3 Å². The number of benzene rings is 2. The van der Waals surface area contributed by atoms with Crippen LogP contribution in [0.2, 0.25) is 0 Å². The molecule has 7 nitrogen and oxygen atoms in total. The average Bonchev–Trinajstić information content (AvgIpc) is 2.94. The summed E-state index contributed by atoms with van der Waals surface area (Å²) in [6.07, 6.45) is 1.30. The molecule has 120 valence electrons. The summed E-state index contributed by atoms with van der Waals surface area (Å²) in [5.41, 5.74) is 4.80. The summed E-state index contributed by atoms with van der Waals surface area (Å²) in [6, 6.07) is 11.4. The Bertz CT molecular complexity index is 1020. The average molecular weight is 340 g/mol. The number of rotatable bonds is 4. The number of aromatic amines is 2. The van der Waals surface area contributed by atoms with E-state index < -0.39 is 11.9 Å². The second-order valence-corrected chi connectivity index (χ2v) is 5.34. The molecule has 0 bridgehead atoms. The number of fused-ring (bicyclic) bond motifs is 1. The van der Waals surface area contributed by atoms with Gasteiger partial charge in [-0.25, -0.2) is 10.2 Å². The number of carbonyl (C=O) groups excluding carboxylic acids is 1. The first kappa shape index (κ1) is 15.6. The van der Waals surface area contributed by atoms with E-state index in [1.54, 1.807) is 36.4 Å². The highest BCUT2D eigenvalue weighted by molar-refractivity contribution is 7.71. The van der Waals surface area contributed by atoms with Crippen LogP contribution in [-0.4, -0.2) is 33.2 Å². The predicted octanol–water partition coefficient (Wildman–Crippen LogP) is 2.69. The number of H-pyrrole nitrogens is 2. The zero-order chi connectivity index (χ0) is 17.1. The summed E-state index contributed by atoms with van der Waals surface area (Å²) in [7, 11) is 0. The molecule has 24 heavy (non-hydrogen) atoms. The highest BCUT2D eigenvalue weighted by atomic mass is 32.1. The summed E-state index contributed by atoms with van der Waals surface area (Å²) < 4.78 is 0.478. The fourth-order valence-electron chi connectivity index (χ4n) is 2.20. The normalized spacial score (nSPS) is 11.0. The molecule has 0 atom stereocenters. The molecule has 1 heterocycles. The van der Waals surface area contributed by atoms with Gasteiger partial charge in [0.05, 0.1) is 22.8 Å². The standard InChI is InChI=1S/C16H12N4O3S/c21-14(9-5-6-12-13(7-9)19-16(24)18-12)20-17-8-10-3-1-2-4-11(10)15(22)23/h1-8H,(H,20,21)(H,22,23)(H2,18,19,24)/b17-8-. The lowest BCUT2D eigenvalue weighted by molar-refractivity contribution is 0.0696. The molecule has 0 aliphatic rings. The number of carboxylic acids is 1. The number of amides is 1. The quantitative estimate of drug-likeness (QED) is 0.332. The lowest BCUT2D eigenvalue weighted by Gasteiger charge is -2.01. The molecule has 1 aromatic heterocycles. The van der Waals surface area contributed by atoms with Crippen molar-refractivity contribution >= 4 is 41.3 Å². The number of imidazole rings is 1. The summed E-state index contributed by atoms with van der Waals surface area (Å²) in [6.45, 7) is 0. The van der Waals surface area contributed by atoms with Gasteiger partial charge in [-0.15, -0.1) is 0 Å². The van der Waals surface area contributed by atoms with Crippen LogP contribution >= 0.6 is 12.2 Å². The van der Waals surface area contributed by atoms with Gasteiger partial charge in [-0.05, 0) is 36.5 Å². The molecule has 0 saturated heterocycles. The molecule has 0 fully saturated rings. The molecule has 8 heteroatoms. The van der Waals surface area contributed by atoms with Crippen molar-refractivity contribution in [1.29, 1.82) is 0 Å². The van der Waals surface area contributed by atoms with Gasteiger partial charge in [0.15, 0.2) is 4.77 Å². The molecule has 3 aromatic rings. The lowest BCUT2D eigenvalue weighted by atomic mass is 10.1. The maximum absolute atomic E-state index is 12.1. The minimum absolute atomic E-state index is 0.108. The van der Waals surface area contributed by atoms with Gasteiger partial charge in [0.25, 0.3) is 5.91 Å². The second-order valence-electron chi connectivity index (χ2n) is 4.93. The van der Waals surface area contributed by atoms with Crippen molar-refractivity contribution in [3.8, 4) is 0 Å². The smallest absolute Gasteiger partial charge is 0.336 e. The van der Waals surface area contributed by atoms with Crippen LogP contribution in [0.3, 0.4) is 0 Å². The van der Waals surface area contributed by atoms with E-state index in [1.165, 1.54) is 12.3 Å². The number of nitrogens with zero attached hydrogens (tertiary/aromatic N) is 1. The van der Waals surface area contributed by atoms with E-state index in [0.29, 0.717) is 21.4 Å². The molecule has 0 spiro atoms. The molecule has 0 saturated carbocycles. The SMILES string of the molecule is O=C(N/N=C\c1ccccc1C(=O)O)c1ccc2[nH]c(=S)[nH]c2c1. The van der Waals surface area contributed by atoms with Gasteiger partial charge in [-0.3, -0.25) is 4.79 Å². The molecule has 0 radical (unpaired) electrons. The maximum atomic E-state index is 12.1. The number of nitrogens with one attached hydrogen (secondary N) is 3. The van der Waals surface area contributed by atoms with Gasteiger partial charge in [0.1, 0.15) is 0 Å². The topological polar surface area (TPSA) is 110 Å². The number of aromatic nitrogens is 2. The number of carboxylic acid groups (broad SMARTS) is 1. The van der Waals surface area contributed by atoms with Gasteiger partial charge in [0, 0.05) is 11.1 Å². The summed E-state index contributed by atoms with van der Waals surface area (Å²) >= 11 is 5.00. The highest BCUT2D eigenvalue weighted by Crippen LogP contribution is 2.12. The first-order chi connectivity index (χ1) is 11.5. The van der Waals surface area contributed by atoms with E-state index >= 15 is 0 Å². The Labute approximate surface area is 141 Å². The second kappa shape index (κ2) is 6.47. The molecule has 2 aromatic carbocycles. The molecular formula is C16H12N4O3S. The number of aromatic carboxylic acids is 1. The number of hydrazone groups is 1. The van der Waals surface area contributed by atoms with Gasteiger partial charge in [-0.2, -0.15) is 5.10 Å². The Kier molecular flexibility index (Phi) is 4.21. The molecule has 1 amide bonds. The Morgan fingerprint density at radius 1 is 1.12 bits per heavy atom. The third-order valence-electron chi connectivity index (χ3n) is 3.34. The Morgan fingerprint density at radius 3 is 2.67 bits per heavy atom. The molecule has 0 aliphatic carbocycles. The van der Waals surface area contributed by atoms with Gasteiger partial charge in [-0.1, -0.05) is 18.2 Å². The van der Waals surface area contributed by atoms with Crippen molar-refractivity contribution in [3.63, 3.8) is 0 Å². The van der Waals surface area contributed by atoms with E-state index in [9.17, 15) is 9.59 Å². The van der Waals surface area contributed by atoms with Gasteiger partial charge in [0.2, 0.25) is 0 Å². The van der Waals surface area contributed by atoms with Crippen molar-refractivity contribution in [3.05, 3.63) is 63.9 Å². The van der Waals surface area contributed by atoms with Crippen LogP contribution in [0.25, 0.3) is 11.0 Å². The zero-order valence-electron chi connectivity index (χ0n) is 12.2. The van der Waals surface area contributed by atoms with Crippen LogP contribution in [0.15, 0.2) is 47.6 Å². The van der Waals surface area contributed by atoms with Crippen LogP contribution in [0, 0.1) is 4.77 Å². The first-order valence-corrected chi connectivity index (χ1v) is 7.33. The third-order valence-corrected chi connectivity index (χ3v) is 3.54. The Balaban J connectivity index is 1.77. The van der Waals surface area contributed by atoms with Crippen LogP contribution < -0.4 is 5.43 Å². The molecule has 4 N–H and O–H groups in total. The van der Waals surface area contributed by atoms with Crippen LogP contribution in [0.1, 0.15) is 26.3 Å². The maximum Gasteiger partial charge on any atom is 0.336 e. The van der Waals surface area contributed by atoms with Crippen LogP contribution in [0.4, 0.5) is 0 Å². The molecule has 0 aliphatic heterocycles. The van der Waals surface area contributed by atoms with Crippen molar-refractivity contribution in [2.24, 2.45) is 5.10 Å². The predicted molar refractivity (Wildman–Crippen MR) is 91.9 cm³/mol. The van der Waals surface area contributed by atoms with Crippen LogP contribution in [0.5, 0.6) is 0 Å². The first-order valence-electron chi connectivity index (χ1n) is 6.92. The van der Waals surface area contributed by atoms with E-state index in [1.807, 2.05) is 0 Å². The summed E-state index contributed by atoms with van der Waals surface area (Å²) in [4.78, 5) is 29.1. The van der Waals surface area contributed by atoms with E-state index in [0.717, 1.165) is 5.52 Å². The number of hydrogen-bond acceptors (Lipinski definition) is 4. The van der Waals surface area contributed by atoms with Crippen molar-refractivity contribution < 1.29 is 14.7 Å². The largest absolute Gasteiger partial charge is 0.478 e. The third kappa shape index (κ3) is 3.23. The Hall–Kier alpha value is -3.26. The van der Waals surface area contributed by atoms with Crippen molar-refractivity contribution in [2.75, 3.05) is 0 Å². The van der Waals surface area contributed by atoms with Gasteiger partial charge >= 0.3 is 5.97 Å².